The summed E-state index contributed by atoms with van der Waals surface area (Å²) in [4.78, 5) is 22.7. The molecule has 0 spiro atoms. The minimum absolute atomic E-state index is 0.156. The minimum atomic E-state index is -0.205. The standard InChI is InChI=1S/C11H10IN3O2/c12-9-4-2-1-3-8(9)11(17)13-6-7-5-10(16)15-14-7/h1-5H,6H2,(H,13,17)(H2,14,15,16). The van der Waals surface area contributed by atoms with Gasteiger partial charge in [-0.2, -0.15) is 0 Å². The molecule has 0 atom stereocenters. The molecule has 0 fully saturated rings. The average Bonchev–Trinajstić information content (AvgIpc) is 2.73. The van der Waals surface area contributed by atoms with Gasteiger partial charge in [-0.3, -0.25) is 14.7 Å². The van der Waals surface area contributed by atoms with Crippen molar-refractivity contribution < 1.29 is 4.79 Å². The molecular formula is C11H10IN3O2. The fourth-order valence-electron chi connectivity index (χ4n) is 1.38. The highest BCUT2D eigenvalue weighted by molar-refractivity contribution is 14.1. The van der Waals surface area contributed by atoms with Gasteiger partial charge in [-0.25, -0.2) is 0 Å². The molecule has 6 heteroatoms. The van der Waals surface area contributed by atoms with Crippen LogP contribution in [-0.4, -0.2) is 16.1 Å². The molecule has 5 nitrogen and oxygen atoms in total. The number of hydrogen-bond acceptors (Lipinski definition) is 2. The Morgan fingerprint density at radius 2 is 2.06 bits per heavy atom. The van der Waals surface area contributed by atoms with Gasteiger partial charge < -0.3 is 10.4 Å². The maximum Gasteiger partial charge on any atom is 0.264 e. The Bertz CT molecular complexity index is 588. The highest BCUT2D eigenvalue weighted by Gasteiger charge is 2.08. The van der Waals surface area contributed by atoms with Crippen LogP contribution in [0.4, 0.5) is 0 Å². The maximum absolute atomic E-state index is 11.8. The Morgan fingerprint density at radius 1 is 1.29 bits per heavy atom. The number of aromatic nitrogens is 2. The van der Waals surface area contributed by atoms with Crippen LogP contribution < -0.4 is 10.9 Å². The first-order valence-corrected chi connectivity index (χ1v) is 6.04. The molecule has 2 aromatic rings. The first-order chi connectivity index (χ1) is 8.16. The van der Waals surface area contributed by atoms with Crippen molar-refractivity contribution in [1.29, 1.82) is 0 Å². The molecule has 0 aliphatic rings. The van der Waals surface area contributed by atoms with E-state index in [0.717, 1.165) is 3.57 Å². The van der Waals surface area contributed by atoms with Gasteiger partial charge in [0.1, 0.15) is 0 Å². The second-order valence-electron chi connectivity index (χ2n) is 3.45. The number of rotatable bonds is 3. The van der Waals surface area contributed by atoms with Gasteiger partial charge in [0.15, 0.2) is 0 Å². The van der Waals surface area contributed by atoms with Crippen LogP contribution in [0.5, 0.6) is 0 Å². The molecule has 3 N–H and O–H groups in total. The topological polar surface area (TPSA) is 77.8 Å². The van der Waals surface area contributed by atoms with Crippen LogP contribution in [0.3, 0.4) is 0 Å². The van der Waals surface area contributed by atoms with Gasteiger partial charge in [0, 0.05) is 9.64 Å². The van der Waals surface area contributed by atoms with Crippen molar-refractivity contribution in [3.8, 4) is 0 Å². The van der Waals surface area contributed by atoms with Gasteiger partial charge in [0.05, 0.1) is 17.8 Å². The number of hydrogen-bond donors (Lipinski definition) is 3. The molecule has 1 aromatic heterocycles. The summed E-state index contributed by atoms with van der Waals surface area (Å²) >= 11 is 2.11. The molecular weight excluding hydrogens is 333 g/mol. The second-order valence-corrected chi connectivity index (χ2v) is 4.61. The molecule has 0 unspecified atom stereocenters. The van der Waals surface area contributed by atoms with E-state index in [2.05, 4.69) is 38.1 Å². The van der Waals surface area contributed by atoms with Crippen molar-refractivity contribution in [2.75, 3.05) is 0 Å². The normalized spacial score (nSPS) is 10.2. The number of amides is 1. The molecule has 0 saturated carbocycles. The summed E-state index contributed by atoms with van der Waals surface area (Å²) in [5.74, 6) is -0.156. The predicted molar refractivity (Wildman–Crippen MR) is 71.7 cm³/mol. The van der Waals surface area contributed by atoms with Crippen LogP contribution in [0.25, 0.3) is 0 Å². The van der Waals surface area contributed by atoms with Crippen LogP contribution in [0.1, 0.15) is 16.1 Å². The Labute approximate surface area is 111 Å². The smallest absolute Gasteiger partial charge is 0.264 e. The van der Waals surface area contributed by atoms with Crippen LogP contribution in [-0.2, 0) is 6.54 Å². The van der Waals surface area contributed by atoms with Crippen molar-refractivity contribution >= 4 is 28.5 Å². The molecule has 0 radical (unpaired) electrons. The summed E-state index contributed by atoms with van der Waals surface area (Å²) in [5.41, 5.74) is 1.07. The quantitative estimate of drug-likeness (QED) is 0.734. The number of H-pyrrole nitrogens is 2. The summed E-state index contributed by atoms with van der Waals surface area (Å²) in [6.45, 7) is 0.294. The highest BCUT2D eigenvalue weighted by Crippen LogP contribution is 2.11. The van der Waals surface area contributed by atoms with Crippen LogP contribution >= 0.6 is 22.6 Å². The van der Waals surface area contributed by atoms with Crippen molar-refractivity contribution in [2.45, 2.75) is 6.54 Å². The first kappa shape index (κ1) is 11.9. The molecule has 0 aliphatic heterocycles. The van der Waals surface area contributed by atoms with E-state index in [1.54, 1.807) is 6.07 Å². The van der Waals surface area contributed by atoms with Gasteiger partial charge >= 0.3 is 0 Å². The number of benzene rings is 1. The molecule has 17 heavy (non-hydrogen) atoms. The zero-order valence-corrected chi connectivity index (χ0v) is 10.9. The fourth-order valence-corrected chi connectivity index (χ4v) is 2.02. The minimum Gasteiger partial charge on any atom is -0.346 e. The Morgan fingerprint density at radius 3 is 2.71 bits per heavy atom. The number of nitrogens with one attached hydrogen (secondary N) is 3. The Kier molecular flexibility index (Phi) is 3.62. The Balaban J connectivity index is 2.03. The SMILES string of the molecule is O=C(NCc1cc(=O)[nH][nH]1)c1ccccc1I. The van der Waals surface area contributed by atoms with Crippen molar-refractivity contribution in [3.63, 3.8) is 0 Å². The third-order valence-electron chi connectivity index (χ3n) is 2.21. The number of halogens is 1. The molecule has 88 valence electrons. The van der Waals surface area contributed by atoms with Crippen LogP contribution in [0.2, 0.25) is 0 Å². The third kappa shape index (κ3) is 2.96. The molecule has 2 rings (SSSR count). The van der Waals surface area contributed by atoms with Crippen LogP contribution in [0.15, 0.2) is 35.1 Å². The van der Waals surface area contributed by atoms with Gasteiger partial charge in [0.25, 0.3) is 11.5 Å². The van der Waals surface area contributed by atoms with Gasteiger partial charge in [-0.05, 0) is 34.7 Å². The van der Waals surface area contributed by atoms with Gasteiger partial charge in [-0.15, -0.1) is 0 Å². The average molecular weight is 343 g/mol. The van der Waals surface area contributed by atoms with E-state index in [0.29, 0.717) is 17.8 Å². The molecule has 0 saturated heterocycles. The van der Waals surface area contributed by atoms with Gasteiger partial charge in [-0.1, -0.05) is 12.1 Å². The maximum atomic E-state index is 11.8. The first-order valence-electron chi connectivity index (χ1n) is 4.96. The number of carbonyl (C=O) groups is 1. The van der Waals surface area contributed by atoms with E-state index >= 15 is 0 Å². The van der Waals surface area contributed by atoms with Crippen molar-refractivity contribution in [1.82, 2.24) is 15.5 Å². The Hall–Kier alpha value is -1.57. The molecule has 0 bridgehead atoms. The van der Waals surface area contributed by atoms with Crippen LogP contribution in [0, 0.1) is 3.57 Å². The van der Waals surface area contributed by atoms with E-state index in [4.69, 9.17) is 0 Å². The lowest BCUT2D eigenvalue weighted by atomic mass is 10.2. The number of aromatic amines is 2. The molecule has 1 heterocycles. The lowest BCUT2D eigenvalue weighted by molar-refractivity contribution is 0.0949. The van der Waals surface area contributed by atoms with E-state index in [1.807, 2.05) is 18.2 Å². The monoisotopic (exact) mass is 343 g/mol. The zero-order valence-electron chi connectivity index (χ0n) is 8.79. The summed E-state index contributed by atoms with van der Waals surface area (Å²) in [6, 6.07) is 8.73. The van der Waals surface area contributed by atoms with E-state index in [1.165, 1.54) is 6.07 Å². The largest absolute Gasteiger partial charge is 0.346 e. The molecule has 1 amide bonds. The third-order valence-corrected chi connectivity index (χ3v) is 3.15. The van der Waals surface area contributed by atoms with E-state index in [9.17, 15) is 9.59 Å². The lowest BCUT2D eigenvalue weighted by Gasteiger charge is -2.05. The molecule has 0 aliphatic carbocycles. The summed E-state index contributed by atoms with van der Waals surface area (Å²) in [5, 5.41) is 7.82. The van der Waals surface area contributed by atoms with E-state index in [-0.39, 0.29) is 11.5 Å². The summed E-state index contributed by atoms with van der Waals surface area (Å²) < 4.78 is 0.894. The van der Waals surface area contributed by atoms with Crippen molar-refractivity contribution in [3.05, 3.63) is 55.5 Å². The highest BCUT2D eigenvalue weighted by atomic mass is 127. The molecule has 1 aromatic carbocycles. The predicted octanol–water partition coefficient (Wildman–Crippen LogP) is 1.24. The summed E-state index contributed by atoms with van der Waals surface area (Å²) in [7, 11) is 0. The fraction of sp³-hybridized carbons (Fsp3) is 0.0909. The van der Waals surface area contributed by atoms with Crippen molar-refractivity contribution in [2.24, 2.45) is 0 Å². The second kappa shape index (κ2) is 5.17. The van der Waals surface area contributed by atoms with Gasteiger partial charge in [0.2, 0.25) is 0 Å². The lowest BCUT2D eigenvalue weighted by Crippen LogP contribution is -2.23. The summed E-state index contributed by atoms with van der Waals surface area (Å²) in [6.07, 6.45) is 0. The number of carbonyl (C=O) groups excluding carboxylic acids is 1. The van der Waals surface area contributed by atoms with E-state index < -0.39 is 0 Å². The zero-order chi connectivity index (χ0) is 12.3.